The Hall–Kier alpha value is -2.38. The summed E-state index contributed by atoms with van der Waals surface area (Å²) in [6.07, 6.45) is 6.00. The molecule has 0 amide bonds. The molecule has 3 aromatic rings. The third kappa shape index (κ3) is 2.87. The van der Waals surface area contributed by atoms with Gasteiger partial charge in [-0.25, -0.2) is 14.8 Å². The molecule has 8 heteroatoms. The molecule has 0 aliphatic heterocycles. The van der Waals surface area contributed by atoms with Crippen molar-refractivity contribution in [3.05, 3.63) is 39.5 Å². The number of rotatable bonds is 4. The molecular weight excluding hydrogens is 374 g/mol. The summed E-state index contributed by atoms with van der Waals surface area (Å²) < 4.78 is 5.19. The molecule has 2 aromatic heterocycles. The van der Waals surface area contributed by atoms with Crippen LogP contribution in [0.1, 0.15) is 33.6 Å². The van der Waals surface area contributed by atoms with Crippen LogP contribution in [0, 0.1) is 0 Å². The smallest absolute Gasteiger partial charge is 0.339 e. The molecule has 0 atom stereocenters. The molecule has 0 radical (unpaired) electrons. The number of carbonyl (C=O) groups is 1. The van der Waals surface area contributed by atoms with Crippen molar-refractivity contribution < 1.29 is 14.6 Å². The maximum atomic E-state index is 11.3. The van der Waals surface area contributed by atoms with Gasteiger partial charge in [0, 0.05) is 10.9 Å². The van der Waals surface area contributed by atoms with Gasteiger partial charge < -0.3 is 15.2 Å². The molecule has 2 heterocycles. The Morgan fingerprint density at radius 2 is 2.12 bits per heavy atom. The normalized spacial score (nSPS) is 13.5. The average molecular weight is 390 g/mol. The van der Waals surface area contributed by atoms with Gasteiger partial charge in [-0.1, -0.05) is 11.6 Å². The van der Waals surface area contributed by atoms with Gasteiger partial charge in [-0.15, -0.1) is 11.3 Å². The number of nitrogens with zero attached hydrogens (tertiary/aromatic N) is 2. The first kappa shape index (κ1) is 17.1. The minimum atomic E-state index is -1.09. The van der Waals surface area contributed by atoms with Crippen LogP contribution in [-0.4, -0.2) is 28.2 Å². The molecule has 2 N–H and O–H groups in total. The van der Waals surface area contributed by atoms with Crippen LogP contribution in [0.3, 0.4) is 0 Å². The van der Waals surface area contributed by atoms with Gasteiger partial charge in [0.2, 0.25) is 0 Å². The number of carboxylic acids is 1. The Balaban J connectivity index is 1.81. The summed E-state index contributed by atoms with van der Waals surface area (Å²) in [6, 6.07) is 2.96. The van der Waals surface area contributed by atoms with Crippen LogP contribution in [0.5, 0.6) is 5.75 Å². The number of anilines is 2. The van der Waals surface area contributed by atoms with E-state index in [2.05, 4.69) is 15.3 Å². The second kappa shape index (κ2) is 6.74. The van der Waals surface area contributed by atoms with Crippen molar-refractivity contribution in [2.75, 3.05) is 12.4 Å². The zero-order chi connectivity index (χ0) is 18.3. The summed E-state index contributed by atoms with van der Waals surface area (Å²) in [6.45, 7) is 0. The summed E-state index contributed by atoms with van der Waals surface area (Å²) in [5.74, 6) is -0.171. The highest BCUT2D eigenvalue weighted by Gasteiger charge is 2.21. The minimum absolute atomic E-state index is 0.0174. The molecule has 26 heavy (non-hydrogen) atoms. The number of aromatic carboxylic acids is 1. The number of methoxy groups -OCH3 is 1. The SMILES string of the molecule is COc1cc(Nc2ncnc3sc4c(c23)CCCC4)c(Cl)cc1C(=O)O. The Kier molecular flexibility index (Phi) is 4.42. The van der Waals surface area contributed by atoms with E-state index in [1.54, 1.807) is 17.4 Å². The van der Waals surface area contributed by atoms with Crippen LogP contribution in [0.2, 0.25) is 5.02 Å². The van der Waals surface area contributed by atoms with Crippen LogP contribution in [0.4, 0.5) is 11.5 Å². The molecule has 0 fully saturated rings. The van der Waals surface area contributed by atoms with Gasteiger partial charge in [-0.05, 0) is 37.3 Å². The Morgan fingerprint density at radius 3 is 2.88 bits per heavy atom. The van der Waals surface area contributed by atoms with Crippen molar-refractivity contribution in [1.82, 2.24) is 9.97 Å². The number of benzene rings is 1. The molecule has 4 rings (SSSR count). The van der Waals surface area contributed by atoms with E-state index in [-0.39, 0.29) is 11.3 Å². The predicted octanol–water partition coefficient (Wildman–Crippen LogP) is 4.67. The van der Waals surface area contributed by atoms with E-state index in [1.165, 1.54) is 36.4 Å². The Morgan fingerprint density at radius 1 is 1.31 bits per heavy atom. The van der Waals surface area contributed by atoms with Gasteiger partial charge in [0.05, 0.1) is 23.2 Å². The molecule has 0 unspecified atom stereocenters. The van der Waals surface area contributed by atoms with Gasteiger partial charge in [0.15, 0.2) is 0 Å². The topological polar surface area (TPSA) is 84.3 Å². The molecule has 134 valence electrons. The maximum absolute atomic E-state index is 11.3. The number of hydrogen-bond donors (Lipinski definition) is 2. The number of ether oxygens (including phenoxy) is 1. The summed E-state index contributed by atoms with van der Waals surface area (Å²) in [5.41, 5.74) is 1.87. The number of thiophene rings is 1. The molecule has 1 aliphatic rings. The number of carboxylic acid groups (broad SMARTS) is 1. The summed E-state index contributed by atoms with van der Waals surface area (Å²) in [5, 5.41) is 13.8. The minimum Gasteiger partial charge on any atom is -0.496 e. The quantitative estimate of drug-likeness (QED) is 0.674. The molecule has 0 saturated carbocycles. The van der Waals surface area contributed by atoms with Crippen molar-refractivity contribution in [2.45, 2.75) is 25.7 Å². The number of fused-ring (bicyclic) bond motifs is 3. The first-order valence-corrected chi connectivity index (χ1v) is 9.41. The zero-order valence-corrected chi connectivity index (χ0v) is 15.6. The van der Waals surface area contributed by atoms with Crippen molar-refractivity contribution in [3.63, 3.8) is 0 Å². The van der Waals surface area contributed by atoms with E-state index in [0.717, 1.165) is 29.5 Å². The van der Waals surface area contributed by atoms with Crippen molar-refractivity contribution in [3.8, 4) is 5.75 Å². The Labute approximate surface area is 158 Å². The monoisotopic (exact) mass is 389 g/mol. The van der Waals surface area contributed by atoms with Crippen LogP contribution in [0.15, 0.2) is 18.5 Å². The number of nitrogens with one attached hydrogen (secondary N) is 1. The molecular formula is C18H16ClN3O3S. The van der Waals surface area contributed by atoms with Gasteiger partial charge in [0.25, 0.3) is 0 Å². The Bertz CT molecular complexity index is 1020. The van der Waals surface area contributed by atoms with E-state index in [4.69, 9.17) is 16.3 Å². The zero-order valence-electron chi connectivity index (χ0n) is 14.0. The molecule has 1 aromatic carbocycles. The van der Waals surface area contributed by atoms with Crippen molar-refractivity contribution >= 4 is 50.6 Å². The molecule has 0 bridgehead atoms. The van der Waals surface area contributed by atoms with E-state index in [9.17, 15) is 9.90 Å². The van der Waals surface area contributed by atoms with E-state index < -0.39 is 5.97 Å². The summed E-state index contributed by atoms with van der Waals surface area (Å²) >= 11 is 8.01. The second-order valence-electron chi connectivity index (χ2n) is 6.08. The van der Waals surface area contributed by atoms with E-state index in [0.29, 0.717) is 16.5 Å². The van der Waals surface area contributed by atoms with Crippen LogP contribution < -0.4 is 10.1 Å². The lowest BCUT2D eigenvalue weighted by Gasteiger charge is -2.14. The predicted molar refractivity (Wildman–Crippen MR) is 102 cm³/mol. The first-order chi connectivity index (χ1) is 12.6. The van der Waals surface area contributed by atoms with E-state index >= 15 is 0 Å². The summed E-state index contributed by atoms with van der Waals surface area (Å²) in [4.78, 5) is 22.5. The first-order valence-electron chi connectivity index (χ1n) is 8.21. The van der Waals surface area contributed by atoms with Crippen LogP contribution >= 0.6 is 22.9 Å². The number of aryl methyl sites for hydroxylation is 2. The number of halogens is 1. The number of hydrogen-bond acceptors (Lipinski definition) is 6. The lowest BCUT2D eigenvalue weighted by atomic mass is 9.97. The number of aromatic nitrogens is 2. The van der Waals surface area contributed by atoms with Gasteiger partial charge in [-0.2, -0.15) is 0 Å². The van der Waals surface area contributed by atoms with Crippen molar-refractivity contribution in [2.24, 2.45) is 0 Å². The molecule has 0 spiro atoms. The highest BCUT2D eigenvalue weighted by Crippen LogP contribution is 2.40. The fraction of sp³-hybridized carbons (Fsp3) is 0.278. The fourth-order valence-electron chi connectivity index (χ4n) is 3.30. The highest BCUT2D eigenvalue weighted by atomic mass is 35.5. The van der Waals surface area contributed by atoms with Crippen LogP contribution in [0.25, 0.3) is 10.2 Å². The molecule has 6 nitrogen and oxygen atoms in total. The van der Waals surface area contributed by atoms with Gasteiger partial charge in [-0.3, -0.25) is 0 Å². The third-order valence-electron chi connectivity index (χ3n) is 4.52. The van der Waals surface area contributed by atoms with Gasteiger partial charge >= 0.3 is 5.97 Å². The molecule has 0 saturated heterocycles. The molecule has 1 aliphatic carbocycles. The lowest BCUT2D eigenvalue weighted by Crippen LogP contribution is -2.04. The van der Waals surface area contributed by atoms with E-state index in [1.807, 2.05) is 0 Å². The lowest BCUT2D eigenvalue weighted by molar-refractivity contribution is 0.0693. The average Bonchev–Trinajstić information content (AvgIpc) is 3.02. The fourth-order valence-corrected chi connectivity index (χ4v) is 4.74. The van der Waals surface area contributed by atoms with Gasteiger partial charge in [0.1, 0.15) is 28.3 Å². The maximum Gasteiger partial charge on any atom is 0.339 e. The third-order valence-corrected chi connectivity index (χ3v) is 6.04. The van der Waals surface area contributed by atoms with Crippen LogP contribution in [-0.2, 0) is 12.8 Å². The summed E-state index contributed by atoms with van der Waals surface area (Å²) in [7, 11) is 1.43. The van der Waals surface area contributed by atoms with Crippen molar-refractivity contribution in [1.29, 1.82) is 0 Å². The largest absolute Gasteiger partial charge is 0.496 e. The highest BCUT2D eigenvalue weighted by molar-refractivity contribution is 7.19. The standard InChI is InChI=1S/C18H16ClN3O3S/c1-25-13-7-12(11(19)6-10(13)18(23)24)22-16-15-9-4-2-3-5-14(9)26-17(15)21-8-20-16/h6-8H,2-5H2,1H3,(H,23,24)(H,20,21,22). The second-order valence-corrected chi connectivity index (χ2v) is 7.57.